The Labute approximate surface area is 210 Å². The number of rotatable bonds is 9. The number of esters is 1. The molecular weight excluding hydrogens is 472 g/mol. The van der Waals surface area contributed by atoms with E-state index in [1.54, 1.807) is 20.8 Å². The first-order valence-corrected chi connectivity index (χ1v) is 12.0. The Kier molecular flexibility index (Phi) is 8.98. The van der Waals surface area contributed by atoms with Gasteiger partial charge >= 0.3 is 18.2 Å². The number of alkyl halides is 1. The molecule has 0 saturated carbocycles. The summed E-state index contributed by atoms with van der Waals surface area (Å²) in [5.74, 6) is -0.773. The smallest absolute Gasteiger partial charge is 0.407 e. The van der Waals surface area contributed by atoms with Crippen molar-refractivity contribution in [1.29, 1.82) is 0 Å². The van der Waals surface area contributed by atoms with Crippen LogP contribution in [0.3, 0.4) is 0 Å². The number of benzene rings is 2. The van der Waals surface area contributed by atoms with Gasteiger partial charge in [-0.05, 0) is 55.9 Å². The number of carbonyl (C=O) groups is 3. The fraction of sp³-hybridized carbons (Fsp3) is 0.423. The highest BCUT2D eigenvalue weighted by molar-refractivity contribution is 6.17. The zero-order valence-electron chi connectivity index (χ0n) is 20.1. The molecule has 0 bridgehead atoms. The summed E-state index contributed by atoms with van der Waals surface area (Å²) >= 11 is 5.52. The molecule has 2 amide bonds. The minimum Gasteiger partial charge on any atom is -0.449 e. The lowest BCUT2D eigenvalue weighted by Gasteiger charge is -2.20. The van der Waals surface area contributed by atoms with E-state index in [9.17, 15) is 14.4 Å². The van der Waals surface area contributed by atoms with Gasteiger partial charge in [0, 0.05) is 12.5 Å². The number of hydrogen-bond donors (Lipinski definition) is 2. The minimum absolute atomic E-state index is 0.0978. The van der Waals surface area contributed by atoms with Crippen molar-refractivity contribution >= 4 is 29.8 Å². The SMILES string of the molecule is CC(C)(C)OC(=O)NCCCC(NC(=O)OCC1c2ccccc2-c2ccccc21)C(=O)OCCl. The third-order valence-corrected chi connectivity index (χ3v) is 5.56. The van der Waals surface area contributed by atoms with Crippen molar-refractivity contribution in [3.8, 4) is 11.1 Å². The molecule has 0 aromatic heterocycles. The molecule has 2 aromatic rings. The second-order valence-electron chi connectivity index (χ2n) is 9.17. The van der Waals surface area contributed by atoms with Crippen LogP contribution in [0.15, 0.2) is 48.5 Å². The van der Waals surface area contributed by atoms with Gasteiger partial charge in [0.2, 0.25) is 0 Å². The molecule has 0 aliphatic heterocycles. The maximum atomic E-state index is 12.6. The van der Waals surface area contributed by atoms with Crippen LogP contribution in [0.4, 0.5) is 9.59 Å². The number of fused-ring (bicyclic) bond motifs is 3. The predicted octanol–water partition coefficient (Wildman–Crippen LogP) is 4.94. The molecule has 1 aliphatic carbocycles. The van der Waals surface area contributed by atoms with Crippen molar-refractivity contribution in [2.24, 2.45) is 0 Å². The average Bonchev–Trinajstić information content (AvgIpc) is 3.12. The molecule has 2 aromatic carbocycles. The predicted molar refractivity (Wildman–Crippen MR) is 132 cm³/mol. The van der Waals surface area contributed by atoms with Gasteiger partial charge in [0.05, 0.1) is 0 Å². The largest absolute Gasteiger partial charge is 0.449 e. The Balaban J connectivity index is 1.54. The highest BCUT2D eigenvalue weighted by Gasteiger charge is 2.30. The van der Waals surface area contributed by atoms with Crippen molar-refractivity contribution in [2.45, 2.75) is 51.2 Å². The highest BCUT2D eigenvalue weighted by Crippen LogP contribution is 2.44. The van der Waals surface area contributed by atoms with Gasteiger partial charge in [0.15, 0.2) is 6.07 Å². The second kappa shape index (κ2) is 11.9. The van der Waals surface area contributed by atoms with Gasteiger partial charge in [-0.1, -0.05) is 60.1 Å². The number of ether oxygens (including phenoxy) is 3. The molecule has 1 aliphatic rings. The molecule has 0 heterocycles. The summed E-state index contributed by atoms with van der Waals surface area (Å²) in [5.41, 5.74) is 3.82. The van der Waals surface area contributed by atoms with Gasteiger partial charge in [-0.15, -0.1) is 0 Å². The Morgan fingerprint density at radius 3 is 2.11 bits per heavy atom. The summed E-state index contributed by atoms with van der Waals surface area (Å²) in [6, 6.07) is 14.7. The van der Waals surface area contributed by atoms with Crippen LogP contribution in [-0.2, 0) is 19.0 Å². The zero-order chi connectivity index (χ0) is 25.4. The van der Waals surface area contributed by atoms with Gasteiger partial charge in [0.25, 0.3) is 0 Å². The molecule has 8 nitrogen and oxygen atoms in total. The van der Waals surface area contributed by atoms with E-state index in [1.165, 1.54) is 0 Å². The van der Waals surface area contributed by atoms with Crippen LogP contribution in [0.5, 0.6) is 0 Å². The van der Waals surface area contributed by atoms with E-state index in [-0.39, 0.29) is 31.6 Å². The number of halogens is 1. The molecule has 35 heavy (non-hydrogen) atoms. The molecule has 2 N–H and O–H groups in total. The number of amides is 2. The van der Waals surface area contributed by atoms with Crippen LogP contribution in [0.1, 0.15) is 50.7 Å². The third-order valence-electron chi connectivity index (χ3n) is 5.45. The maximum Gasteiger partial charge on any atom is 0.407 e. The van der Waals surface area contributed by atoms with Crippen molar-refractivity contribution in [2.75, 3.05) is 19.2 Å². The standard InChI is InChI=1S/C26H31ClN2O6/c1-26(2,3)35-24(31)28-14-8-13-22(23(30)34-16-27)29-25(32)33-15-21-19-11-6-4-9-17(19)18-10-5-7-12-20(18)21/h4-7,9-12,21-22H,8,13-16H2,1-3H3,(H,28,31)(H,29,32). The maximum absolute atomic E-state index is 12.6. The summed E-state index contributed by atoms with van der Waals surface area (Å²) in [5, 5.41) is 5.18. The number of nitrogens with one attached hydrogen (secondary N) is 2. The van der Waals surface area contributed by atoms with E-state index in [4.69, 9.17) is 25.8 Å². The fourth-order valence-electron chi connectivity index (χ4n) is 4.00. The lowest BCUT2D eigenvalue weighted by molar-refractivity contribution is -0.144. The van der Waals surface area contributed by atoms with Gasteiger partial charge in [-0.3, -0.25) is 0 Å². The summed E-state index contributed by atoms with van der Waals surface area (Å²) in [6.07, 6.45) is -0.675. The minimum atomic E-state index is -0.968. The summed E-state index contributed by atoms with van der Waals surface area (Å²) in [6.45, 7) is 5.68. The van der Waals surface area contributed by atoms with Crippen molar-refractivity contribution in [1.82, 2.24) is 10.6 Å². The Bertz CT molecular complexity index is 1010. The van der Waals surface area contributed by atoms with Crippen LogP contribution in [-0.4, -0.2) is 49.0 Å². The molecule has 9 heteroatoms. The van der Waals surface area contributed by atoms with Gasteiger partial charge < -0.3 is 24.8 Å². The quantitative estimate of drug-likeness (QED) is 0.218. The first-order valence-electron chi connectivity index (χ1n) is 11.5. The number of carbonyl (C=O) groups excluding carboxylic acids is 3. The highest BCUT2D eigenvalue weighted by atomic mass is 35.5. The molecule has 188 valence electrons. The summed E-state index contributed by atoms with van der Waals surface area (Å²) < 4.78 is 15.6. The second-order valence-corrected chi connectivity index (χ2v) is 9.38. The van der Waals surface area contributed by atoms with E-state index in [0.29, 0.717) is 6.42 Å². The zero-order valence-corrected chi connectivity index (χ0v) is 20.9. The monoisotopic (exact) mass is 502 g/mol. The topological polar surface area (TPSA) is 103 Å². The van der Waals surface area contributed by atoms with E-state index in [1.807, 2.05) is 36.4 Å². The van der Waals surface area contributed by atoms with Gasteiger partial charge in [-0.25, -0.2) is 14.4 Å². The van der Waals surface area contributed by atoms with E-state index in [2.05, 4.69) is 22.8 Å². The van der Waals surface area contributed by atoms with E-state index >= 15 is 0 Å². The fourth-order valence-corrected chi connectivity index (χ4v) is 4.10. The molecule has 0 saturated heterocycles. The molecule has 3 rings (SSSR count). The Morgan fingerprint density at radius 2 is 1.54 bits per heavy atom. The lowest BCUT2D eigenvalue weighted by Crippen LogP contribution is -2.43. The van der Waals surface area contributed by atoms with Crippen LogP contribution in [0, 0.1) is 0 Å². The summed E-state index contributed by atoms with van der Waals surface area (Å²) in [7, 11) is 0. The first kappa shape index (κ1) is 26.3. The molecule has 1 unspecified atom stereocenters. The molecule has 0 fully saturated rings. The molecular formula is C26H31ClN2O6. The molecule has 0 spiro atoms. The lowest BCUT2D eigenvalue weighted by atomic mass is 9.98. The number of hydrogen-bond acceptors (Lipinski definition) is 6. The number of alkyl carbamates (subject to hydrolysis) is 2. The van der Waals surface area contributed by atoms with Crippen molar-refractivity contribution in [3.05, 3.63) is 59.7 Å². The average molecular weight is 503 g/mol. The summed E-state index contributed by atoms with van der Waals surface area (Å²) in [4.78, 5) is 36.6. The van der Waals surface area contributed by atoms with E-state index in [0.717, 1.165) is 22.3 Å². The van der Waals surface area contributed by atoms with E-state index < -0.39 is 29.8 Å². The third kappa shape index (κ3) is 7.36. The van der Waals surface area contributed by atoms with Gasteiger partial charge in [0.1, 0.15) is 18.2 Å². The van der Waals surface area contributed by atoms with Crippen LogP contribution < -0.4 is 10.6 Å². The Morgan fingerprint density at radius 1 is 0.943 bits per heavy atom. The molecule has 0 radical (unpaired) electrons. The van der Waals surface area contributed by atoms with Crippen LogP contribution in [0.25, 0.3) is 11.1 Å². The van der Waals surface area contributed by atoms with Crippen molar-refractivity contribution < 1.29 is 28.6 Å². The van der Waals surface area contributed by atoms with Crippen molar-refractivity contribution in [3.63, 3.8) is 0 Å². The van der Waals surface area contributed by atoms with Crippen LogP contribution in [0.2, 0.25) is 0 Å². The van der Waals surface area contributed by atoms with Crippen LogP contribution >= 0.6 is 11.6 Å². The van der Waals surface area contributed by atoms with Gasteiger partial charge in [-0.2, -0.15) is 0 Å². The Hall–Kier alpha value is -3.26. The normalized spacial score (nSPS) is 13.3. The first-order chi connectivity index (χ1) is 16.7. The molecule has 1 atom stereocenters.